The number of pyridine rings is 4. The van der Waals surface area contributed by atoms with Gasteiger partial charge in [-0.25, -0.2) is 9.97 Å². The largest absolute Gasteiger partial charge is 0.439 e. The van der Waals surface area contributed by atoms with Gasteiger partial charge in [-0.05, 0) is 48.5 Å². The second kappa shape index (κ2) is 9.70. The fourth-order valence-corrected chi connectivity index (χ4v) is 4.06. The van der Waals surface area contributed by atoms with Crippen molar-refractivity contribution in [2.75, 3.05) is 35.8 Å². The summed E-state index contributed by atoms with van der Waals surface area (Å²) < 4.78 is 12.2. The second-order valence-electron chi connectivity index (χ2n) is 8.73. The Labute approximate surface area is 220 Å². The van der Waals surface area contributed by atoms with E-state index in [1.807, 2.05) is 127 Å². The number of ether oxygens (including phenoxy) is 2. The zero-order valence-corrected chi connectivity index (χ0v) is 21.2. The van der Waals surface area contributed by atoms with Gasteiger partial charge in [-0.1, -0.05) is 30.3 Å². The maximum atomic E-state index is 6.08. The normalized spacial score (nSPS) is 12.9. The lowest BCUT2D eigenvalue weighted by Gasteiger charge is -2.23. The van der Waals surface area contributed by atoms with E-state index in [-0.39, 0.29) is 0 Å². The molecule has 0 saturated carbocycles. The molecule has 6 rings (SSSR count). The number of fused-ring (bicyclic) bond motifs is 10. The van der Waals surface area contributed by atoms with Crippen LogP contribution in [0, 0.1) is 0 Å². The van der Waals surface area contributed by atoms with Crippen LogP contribution in [0.1, 0.15) is 0 Å². The van der Waals surface area contributed by atoms with Gasteiger partial charge < -0.3 is 24.2 Å². The first-order chi connectivity index (χ1) is 18.5. The van der Waals surface area contributed by atoms with Crippen molar-refractivity contribution >= 4 is 34.9 Å². The number of nitrogens with zero attached hydrogens (tertiary/aromatic N) is 7. The van der Waals surface area contributed by atoms with Gasteiger partial charge in [0, 0.05) is 39.3 Å². The van der Waals surface area contributed by atoms with Crippen LogP contribution in [0.2, 0.25) is 0 Å². The molecule has 0 N–H and O–H groups in total. The van der Waals surface area contributed by atoms with Crippen LogP contribution in [-0.4, -0.2) is 41.1 Å². The van der Waals surface area contributed by atoms with Crippen molar-refractivity contribution in [2.45, 2.75) is 0 Å². The number of anilines is 6. The molecule has 10 bridgehead atoms. The highest BCUT2D eigenvalue weighted by molar-refractivity contribution is 5.64. The van der Waals surface area contributed by atoms with Crippen molar-refractivity contribution in [3.05, 3.63) is 97.1 Å². The van der Waals surface area contributed by atoms with E-state index in [1.54, 1.807) is 6.07 Å². The van der Waals surface area contributed by atoms with Gasteiger partial charge in [0.1, 0.15) is 46.4 Å². The van der Waals surface area contributed by atoms with Crippen LogP contribution in [0.25, 0.3) is 0 Å². The molecule has 1 aromatic carbocycles. The molecule has 0 unspecified atom stereocenters. The SMILES string of the molecule is CN1c2cccc(n2)Oc2cccc(c2)Oc2cccc(n2)N(C)c2cccc(n2)N(C)c2cccc1n2. The predicted octanol–water partition coefficient (Wildman–Crippen LogP) is 6.47. The van der Waals surface area contributed by atoms with E-state index in [2.05, 4.69) is 0 Å². The van der Waals surface area contributed by atoms with Crippen molar-refractivity contribution < 1.29 is 9.47 Å². The Bertz CT molecular complexity index is 1500. The first kappa shape index (κ1) is 23.2. The Hall–Kier alpha value is -5.18. The molecule has 38 heavy (non-hydrogen) atoms. The summed E-state index contributed by atoms with van der Waals surface area (Å²) in [6.07, 6.45) is 0. The highest BCUT2D eigenvalue weighted by Crippen LogP contribution is 2.32. The number of rotatable bonds is 0. The van der Waals surface area contributed by atoms with Crippen LogP contribution in [0.3, 0.4) is 0 Å². The summed E-state index contributed by atoms with van der Waals surface area (Å²) in [6.45, 7) is 0. The summed E-state index contributed by atoms with van der Waals surface area (Å²) in [5, 5.41) is 0. The molecule has 188 valence electrons. The van der Waals surface area contributed by atoms with Gasteiger partial charge in [0.05, 0.1) is 0 Å². The lowest BCUT2D eigenvalue weighted by molar-refractivity contribution is 0.442. The van der Waals surface area contributed by atoms with Crippen LogP contribution >= 0.6 is 0 Å². The Balaban J connectivity index is 1.48. The Morgan fingerprint density at radius 3 is 1.13 bits per heavy atom. The first-order valence-corrected chi connectivity index (χ1v) is 12.1. The van der Waals surface area contributed by atoms with E-state index < -0.39 is 0 Å². The third-order valence-corrected chi connectivity index (χ3v) is 6.17. The van der Waals surface area contributed by atoms with Gasteiger partial charge in [-0.3, -0.25) is 0 Å². The topological polar surface area (TPSA) is 79.7 Å². The average molecular weight is 504 g/mol. The molecule has 1 aliphatic rings. The second-order valence-corrected chi connectivity index (χ2v) is 8.73. The fraction of sp³-hybridized carbons (Fsp3) is 0.103. The van der Waals surface area contributed by atoms with E-state index in [0.717, 1.165) is 23.3 Å². The van der Waals surface area contributed by atoms with Gasteiger partial charge in [0.2, 0.25) is 11.8 Å². The molecule has 0 saturated heterocycles. The molecule has 0 aliphatic carbocycles. The third kappa shape index (κ3) is 4.64. The minimum absolute atomic E-state index is 0.455. The fourth-order valence-electron chi connectivity index (χ4n) is 4.06. The molecule has 0 radical (unpaired) electrons. The summed E-state index contributed by atoms with van der Waals surface area (Å²) >= 11 is 0. The van der Waals surface area contributed by atoms with Gasteiger partial charge in [-0.2, -0.15) is 9.97 Å². The van der Waals surface area contributed by atoms with E-state index in [4.69, 9.17) is 29.4 Å². The smallest absolute Gasteiger partial charge is 0.221 e. The quantitative estimate of drug-likeness (QED) is 0.236. The lowest BCUT2D eigenvalue weighted by Crippen LogP contribution is -2.18. The molecule has 0 amide bonds. The number of hydrogen-bond acceptors (Lipinski definition) is 9. The summed E-state index contributed by atoms with van der Waals surface area (Å²) in [6, 6.07) is 30.3. The van der Waals surface area contributed by atoms with Crippen LogP contribution in [0.5, 0.6) is 23.3 Å². The summed E-state index contributed by atoms with van der Waals surface area (Å²) in [7, 11) is 5.79. The average Bonchev–Trinajstić information content (AvgIpc) is 2.96. The van der Waals surface area contributed by atoms with Crippen LogP contribution in [0.15, 0.2) is 97.1 Å². The number of benzene rings is 1. The molecule has 5 heterocycles. The highest BCUT2D eigenvalue weighted by atomic mass is 16.5. The molecular weight excluding hydrogens is 478 g/mol. The highest BCUT2D eigenvalue weighted by Gasteiger charge is 2.15. The van der Waals surface area contributed by atoms with Crippen LogP contribution in [0.4, 0.5) is 34.9 Å². The van der Waals surface area contributed by atoms with Crippen molar-refractivity contribution in [2.24, 2.45) is 0 Å². The van der Waals surface area contributed by atoms with Gasteiger partial charge >= 0.3 is 0 Å². The zero-order chi connectivity index (χ0) is 26.1. The first-order valence-electron chi connectivity index (χ1n) is 12.1. The molecule has 0 spiro atoms. The molecule has 5 aromatic rings. The van der Waals surface area contributed by atoms with Crippen LogP contribution < -0.4 is 24.2 Å². The van der Waals surface area contributed by atoms with Gasteiger partial charge in [0.25, 0.3) is 0 Å². The molecule has 1 aliphatic heterocycles. The minimum atomic E-state index is 0.455. The standard InChI is InChI=1S/C29H25N7O2/c1-34-22-11-5-13-24(30-22)35(2)26-15-7-17-28(32-26)37-20-9-4-10-21(19-20)38-29-18-8-16-27(33-29)36(3)25-14-6-12-23(34)31-25/h4-19H,1-3H3. The van der Waals surface area contributed by atoms with E-state index in [0.29, 0.717) is 34.9 Å². The molecule has 4 aromatic heterocycles. The zero-order valence-electron chi connectivity index (χ0n) is 21.2. The third-order valence-electron chi connectivity index (χ3n) is 6.17. The summed E-state index contributed by atoms with van der Waals surface area (Å²) in [5.74, 6) is 6.45. The van der Waals surface area contributed by atoms with Crippen molar-refractivity contribution in [1.82, 2.24) is 19.9 Å². The maximum absolute atomic E-state index is 6.08. The molecule has 9 heteroatoms. The number of hydrogen-bond donors (Lipinski definition) is 0. The Morgan fingerprint density at radius 2 is 0.737 bits per heavy atom. The van der Waals surface area contributed by atoms with Gasteiger partial charge in [0.15, 0.2) is 0 Å². The van der Waals surface area contributed by atoms with E-state index >= 15 is 0 Å². The van der Waals surface area contributed by atoms with Gasteiger partial charge in [-0.15, -0.1) is 0 Å². The maximum Gasteiger partial charge on any atom is 0.221 e. The monoisotopic (exact) mass is 503 g/mol. The van der Waals surface area contributed by atoms with Crippen molar-refractivity contribution in [3.63, 3.8) is 0 Å². The van der Waals surface area contributed by atoms with Crippen molar-refractivity contribution in [3.8, 4) is 23.3 Å². The molecule has 0 atom stereocenters. The Kier molecular flexibility index (Phi) is 5.93. The number of aromatic nitrogens is 4. The van der Waals surface area contributed by atoms with E-state index in [1.165, 1.54) is 0 Å². The van der Waals surface area contributed by atoms with Crippen molar-refractivity contribution in [1.29, 1.82) is 0 Å². The minimum Gasteiger partial charge on any atom is -0.439 e. The summed E-state index contributed by atoms with van der Waals surface area (Å²) in [5.41, 5.74) is 0. The predicted molar refractivity (Wildman–Crippen MR) is 148 cm³/mol. The molecule has 0 fully saturated rings. The lowest BCUT2D eigenvalue weighted by atomic mass is 10.3. The Morgan fingerprint density at radius 1 is 0.421 bits per heavy atom. The molecule has 9 nitrogen and oxygen atoms in total. The summed E-state index contributed by atoms with van der Waals surface area (Å²) in [4.78, 5) is 24.9. The molecular formula is C29H25N7O2. The van der Waals surface area contributed by atoms with Crippen LogP contribution in [-0.2, 0) is 0 Å². The van der Waals surface area contributed by atoms with E-state index in [9.17, 15) is 0 Å².